The third-order valence-electron chi connectivity index (χ3n) is 10.4. The molecule has 23 heteroatoms. The highest BCUT2D eigenvalue weighted by Gasteiger charge is 2.46. The van der Waals surface area contributed by atoms with Gasteiger partial charge in [-0.3, -0.25) is 29.3 Å². The van der Waals surface area contributed by atoms with Crippen molar-refractivity contribution in [3.63, 3.8) is 0 Å². The number of nitrogens with one attached hydrogen (secondary N) is 3. The van der Waals surface area contributed by atoms with Crippen molar-refractivity contribution in [2.45, 2.75) is 97.2 Å². The molecule has 4 atom stereocenters. The SMILES string of the molecule is CC(C)C(=O)Nc1nc2c(nc(CO)n2CCOP(=S)(OCCC#N)OC[C@H]2O[C@@H](n3cnc4c(NC(=O)c5ccccc5)ncnc43)C[C@H]2O[Si](C)(C)C(C)(C)C)c(=O)[nH]1. The van der Waals surface area contributed by atoms with E-state index in [4.69, 9.17) is 34.5 Å². The molecule has 0 aliphatic carbocycles. The second-order valence-corrected chi connectivity index (χ2v) is 23.8. The number of hydrogen-bond donors (Lipinski definition) is 4. The van der Waals surface area contributed by atoms with Crippen molar-refractivity contribution < 1.29 is 37.4 Å². The summed E-state index contributed by atoms with van der Waals surface area (Å²) >= 11 is 5.87. The molecular formula is C38H50N11O9PSSi. The van der Waals surface area contributed by atoms with Crippen LogP contribution in [-0.2, 0) is 52.5 Å². The van der Waals surface area contributed by atoms with Gasteiger partial charge in [-0.15, -0.1) is 0 Å². The lowest BCUT2D eigenvalue weighted by atomic mass is 10.2. The first-order valence-electron chi connectivity index (χ1n) is 19.6. The number of aliphatic hydroxyl groups is 1. The average molecular weight is 896 g/mol. The van der Waals surface area contributed by atoms with E-state index < -0.39 is 45.6 Å². The van der Waals surface area contributed by atoms with Gasteiger partial charge in [-0.25, -0.2) is 19.9 Å². The van der Waals surface area contributed by atoms with Crippen LogP contribution in [0.15, 0.2) is 47.8 Å². The minimum atomic E-state index is -3.59. The van der Waals surface area contributed by atoms with Gasteiger partial charge < -0.3 is 37.7 Å². The highest BCUT2D eigenvalue weighted by Crippen LogP contribution is 2.51. The Labute approximate surface area is 357 Å². The summed E-state index contributed by atoms with van der Waals surface area (Å²) < 4.78 is 35.2. The molecule has 2 amide bonds. The molecular weight excluding hydrogens is 846 g/mol. The minimum absolute atomic E-state index is 0.00619. The molecule has 1 aliphatic rings. The summed E-state index contributed by atoms with van der Waals surface area (Å²) in [5, 5.41) is 24.7. The third-order valence-corrected chi connectivity index (χ3v) is 17.3. The van der Waals surface area contributed by atoms with E-state index in [9.17, 15) is 24.8 Å². The van der Waals surface area contributed by atoms with Gasteiger partial charge in [0.1, 0.15) is 31.1 Å². The Kier molecular flexibility index (Phi) is 14.3. The van der Waals surface area contributed by atoms with E-state index in [-0.39, 0.29) is 84.3 Å². The summed E-state index contributed by atoms with van der Waals surface area (Å²) in [4.78, 5) is 62.7. The standard InChI is InChI=1S/C38H50N11O9PSSi/c1-23(2)34(51)46-37-45-33-30(36(53)47-37)43-27(19-50)48(33)15-17-55-59(60,54-16-11-14-39)56-20-26-25(58-61(6,7)38(3,4)5)18-28(57-26)49-22-42-29-31(40-21-41-32(29)49)44-35(52)24-12-9-8-10-13-24/h8-10,12-13,21-23,25-26,28,50H,11,15-20H2,1-7H3,(H,40,41,44,52)(H2,45,46,47,51,53)/t25-,26-,28-,59?/m1/s1. The van der Waals surface area contributed by atoms with Crippen molar-refractivity contribution in [2.75, 3.05) is 30.5 Å². The fraction of sp³-hybridized carbons (Fsp3) is 0.500. The Bertz CT molecular complexity index is 2520. The number of anilines is 2. The van der Waals surface area contributed by atoms with Crippen LogP contribution in [0.2, 0.25) is 18.1 Å². The van der Waals surface area contributed by atoms with Gasteiger partial charge in [0, 0.05) is 24.4 Å². The van der Waals surface area contributed by atoms with E-state index in [1.165, 1.54) is 10.9 Å². The quantitative estimate of drug-likeness (QED) is 0.0503. The first-order chi connectivity index (χ1) is 28.9. The van der Waals surface area contributed by atoms with Gasteiger partial charge in [0.25, 0.3) is 11.5 Å². The molecule has 6 rings (SSSR count). The maximum Gasteiger partial charge on any atom is 0.327 e. The van der Waals surface area contributed by atoms with Gasteiger partial charge in [-0.2, -0.15) is 10.2 Å². The van der Waals surface area contributed by atoms with Crippen molar-refractivity contribution in [3.8, 4) is 6.07 Å². The number of fused-ring (bicyclic) bond motifs is 2. The van der Waals surface area contributed by atoms with E-state index in [1.807, 2.05) is 12.1 Å². The van der Waals surface area contributed by atoms with Crippen LogP contribution < -0.4 is 16.2 Å². The molecule has 20 nitrogen and oxygen atoms in total. The van der Waals surface area contributed by atoms with E-state index >= 15 is 0 Å². The number of nitriles is 1. The lowest BCUT2D eigenvalue weighted by Gasteiger charge is -2.39. The molecule has 4 aromatic heterocycles. The molecule has 0 spiro atoms. The molecule has 1 saturated heterocycles. The largest absolute Gasteiger partial charge is 0.411 e. The molecule has 61 heavy (non-hydrogen) atoms. The monoisotopic (exact) mass is 895 g/mol. The molecule has 1 unspecified atom stereocenters. The van der Waals surface area contributed by atoms with Gasteiger partial charge in [-0.1, -0.05) is 52.8 Å². The molecule has 5 heterocycles. The van der Waals surface area contributed by atoms with E-state index in [2.05, 4.69) is 74.4 Å². The number of carbonyl (C=O) groups excluding carboxylic acids is 2. The topological polar surface area (TPSA) is 256 Å². The first-order valence-corrected chi connectivity index (χ1v) is 25.1. The zero-order chi connectivity index (χ0) is 44.1. The van der Waals surface area contributed by atoms with Crippen LogP contribution in [-0.4, -0.2) is 96.3 Å². The van der Waals surface area contributed by atoms with Crippen molar-refractivity contribution in [2.24, 2.45) is 5.92 Å². The van der Waals surface area contributed by atoms with Gasteiger partial charge in [0.15, 0.2) is 36.5 Å². The number of rotatable bonds is 18. The number of aromatic nitrogens is 8. The second kappa shape index (κ2) is 19.1. The number of benzene rings is 1. The van der Waals surface area contributed by atoms with Gasteiger partial charge in [0.2, 0.25) is 11.9 Å². The maximum atomic E-state index is 13.0. The molecule has 1 fully saturated rings. The summed E-state index contributed by atoms with van der Waals surface area (Å²) in [5.74, 6) is -0.779. The Hall–Kier alpha value is -4.82. The predicted octanol–water partition coefficient (Wildman–Crippen LogP) is 5.16. The van der Waals surface area contributed by atoms with E-state index in [0.717, 1.165) is 0 Å². The number of aromatic amines is 1. The predicted molar refractivity (Wildman–Crippen MR) is 230 cm³/mol. The van der Waals surface area contributed by atoms with Crippen LogP contribution in [0.5, 0.6) is 0 Å². The molecule has 0 saturated carbocycles. The number of carbonyl (C=O) groups is 2. The summed E-state index contributed by atoms with van der Waals surface area (Å²) in [6, 6.07) is 10.8. The Morgan fingerprint density at radius 1 is 1.08 bits per heavy atom. The molecule has 326 valence electrons. The molecule has 1 aromatic carbocycles. The molecule has 0 bridgehead atoms. The van der Waals surface area contributed by atoms with Gasteiger partial charge in [0.05, 0.1) is 44.7 Å². The second-order valence-electron chi connectivity index (χ2n) is 16.0. The molecule has 0 radical (unpaired) electrons. The Morgan fingerprint density at radius 3 is 2.51 bits per heavy atom. The zero-order valence-electron chi connectivity index (χ0n) is 34.9. The summed E-state index contributed by atoms with van der Waals surface area (Å²) in [6.07, 6.45) is 1.59. The fourth-order valence-corrected chi connectivity index (χ4v) is 9.24. The summed E-state index contributed by atoms with van der Waals surface area (Å²) in [5.41, 5.74) is 0.723. The van der Waals surface area contributed by atoms with Crippen molar-refractivity contribution in [1.29, 1.82) is 5.26 Å². The number of aliphatic hydroxyl groups excluding tert-OH is 1. The smallest absolute Gasteiger partial charge is 0.327 e. The number of amides is 2. The normalized spacial score (nSPS) is 18.1. The zero-order valence-corrected chi connectivity index (χ0v) is 37.7. The van der Waals surface area contributed by atoms with E-state index in [1.54, 1.807) is 49.0 Å². The van der Waals surface area contributed by atoms with Gasteiger partial charge in [-0.05, 0) is 42.1 Å². The molecule has 4 N–H and O–H groups in total. The van der Waals surface area contributed by atoms with Crippen LogP contribution in [0, 0.1) is 17.2 Å². The Balaban J connectivity index is 1.22. The van der Waals surface area contributed by atoms with Crippen LogP contribution >= 0.6 is 6.72 Å². The average Bonchev–Trinajstić information content (AvgIpc) is 3.93. The fourth-order valence-electron chi connectivity index (χ4n) is 6.08. The van der Waals surface area contributed by atoms with Crippen LogP contribution in [0.4, 0.5) is 11.8 Å². The number of ether oxygens (including phenoxy) is 1. The highest BCUT2D eigenvalue weighted by molar-refractivity contribution is 8.07. The number of nitrogens with zero attached hydrogens (tertiary/aromatic N) is 8. The van der Waals surface area contributed by atoms with Crippen molar-refractivity contribution in [3.05, 3.63) is 64.7 Å². The number of H-pyrrole nitrogens is 1. The van der Waals surface area contributed by atoms with Crippen LogP contribution in [0.25, 0.3) is 22.3 Å². The lowest BCUT2D eigenvalue weighted by molar-refractivity contribution is -0.118. The summed E-state index contributed by atoms with van der Waals surface area (Å²) in [7, 11) is -2.38. The van der Waals surface area contributed by atoms with E-state index in [0.29, 0.717) is 23.1 Å². The highest BCUT2D eigenvalue weighted by atomic mass is 32.5. The van der Waals surface area contributed by atoms with Crippen LogP contribution in [0.1, 0.15) is 69.9 Å². The lowest BCUT2D eigenvalue weighted by Crippen LogP contribution is -2.46. The van der Waals surface area contributed by atoms with Crippen molar-refractivity contribution in [1.82, 2.24) is 39.0 Å². The van der Waals surface area contributed by atoms with Crippen LogP contribution in [0.3, 0.4) is 0 Å². The number of imidazole rings is 2. The first kappa shape index (κ1) is 45.7. The van der Waals surface area contributed by atoms with Crippen molar-refractivity contribution >= 4 is 72.8 Å². The third kappa shape index (κ3) is 10.6. The van der Waals surface area contributed by atoms with Gasteiger partial charge >= 0.3 is 6.72 Å². The Morgan fingerprint density at radius 2 is 1.82 bits per heavy atom. The maximum absolute atomic E-state index is 13.0. The summed E-state index contributed by atoms with van der Waals surface area (Å²) in [6.45, 7) is 9.68. The number of hydrogen-bond acceptors (Lipinski definition) is 16. The molecule has 1 aliphatic heterocycles. The molecule has 5 aromatic rings. The minimum Gasteiger partial charge on any atom is -0.411 e.